The summed E-state index contributed by atoms with van der Waals surface area (Å²) in [6.45, 7) is 6.10. The van der Waals surface area contributed by atoms with Crippen LogP contribution in [0.3, 0.4) is 0 Å². The lowest BCUT2D eigenvalue weighted by molar-refractivity contribution is 0.0995. The van der Waals surface area contributed by atoms with Crippen molar-refractivity contribution in [1.29, 1.82) is 0 Å². The van der Waals surface area contributed by atoms with Gasteiger partial charge < -0.3 is 10.8 Å². The lowest BCUT2D eigenvalue weighted by atomic mass is 9.94. The minimum Gasteiger partial charge on any atom is -0.396 e. The Hall–Kier alpha value is -2.94. The molecule has 0 saturated heterocycles. The smallest absolute Gasteiger partial charge is 0.267 e. The third-order valence-electron chi connectivity index (χ3n) is 5.67. The van der Waals surface area contributed by atoms with E-state index in [4.69, 9.17) is 5.73 Å². The molecule has 2 atom stereocenters. The number of aliphatic hydroxyl groups is 1. The van der Waals surface area contributed by atoms with Gasteiger partial charge >= 0.3 is 0 Å². The van der Waals surface area contributed by atoms with Crippen LogP contribution in [0.25, 0.3) is 22.4 Å². The average Bonchev–Trinajstić information content (AvgIpc) is 3.16. The first-order valence-electron chi connectivity index (χ1n) is 10.8. The molecule has 0 aliphatic carbocycles. The first-order chi connectivity index (χ1) is 15.7. The molecular weight excluding hydrogens is 436 g/mol. The zero-order valence-electron chi connectivity index (χ0n) is 19.0. The van der Waals surface area contributed by atoms with Crippen LogP contribution in [0, 0.1) is 0 Å². The highest BCUT2D eigenvalue weighted by atomic mass is 32.2. The molecule has 0 spiro atoms. The lowest BCUT2D eigenvalue weighted by Crippen LogP contribution is -2.36. The van der Waals surface area contributed by atoms with Crippen molar-refractivity contribution >= 4 is 16.9 Å². The van der Waals surface area contributed by atoms with Crippen molar-refractivity contribution in [3.8, 4) is 22.4 Å². The number of rotatable bonds is 6. The highest BCUT2D eigenvalue weighted by Gasteiger charge is 2.40. The fraction of sp³-hybridized carbons (Fsp3) is 0.320. The van der Waals surface area contributed by atoms with Crippen molar-refractivity contribution < 1.29 is 14.1 Å². The molecule has 2 aromatic heterocycles. The molecule has 4 rings (SSSR count). The zero-order valence-corrected chi connectivity index (χ0v) is 19.8. The van der Waals surface area contributed by atoms with Gasteiger partial charge in [0.05, 0.1) is 16.5 Å². The Morgan fingerprint density at radius 2 is 1.91 bits per heavy atom. The average molecular weight is 465 g/mol. The van der Waals surface area contributed by atoms with Gasteiger partial charge in [0.25, 0.3) is 5.91 Å². The second-order valence-corrected chi connectivity index (χ2v) is 11.3. The highest BCUT2D eigenvalue weighted by molar-refractivity contribution is 7.84. The molecule has 0 saturated carbocycles. The number of nitrogens with two attached hydrogens (primary N) is 1. The number of carbonyl (C=O) groups is 1. The van der Waals surface area contributed by atoms with Crippen LogP contribution in [-0.2, 0) is 17.5 Å². The number of hydrogen-bond acceptors (Lipinski definition) is 5. The number of pyridine rings is 2. The highest BCUT2D eigenvalue weighted by Crippen LogP contribution is 2.44. The molecule has 0 radical (unpaired) electrons. The number of amides is 1. The number of hydrogen-bond donors (Lipinski definition) is 2. The number of aromatic nitrogens is 2. The van der Waals surface area contributed by atoms with E-state index in [1.807, 2.05) is 61.5 Å². The monoisotopic (exact) mass is 464 g/mol. The van der Waals surface area contributed by atoms with E-state index in [9.17, 15) is 14.1 Å². The van der Waals surface area contributed by atoms with Gasteiger partial charge in [-0.2, -0.15) is 0 Å². The summed E-state index contributed by atoms with van der Waals surface area (Å²) in [6.07, 6.45) is 3.92. The summed E-state index contributed by atoms with van der Waals surface area (Å²) >= 11 is 0. The Balaban J connectivity index is 1.90. The maximum Gasteiger partial charge on any atom is 0.267 e. The maximum atomic E-state index is 13.4. The standard InChI is InChI=1S/C25H28N4O3S/c1-25(2,3)33(32)29-15-19-13-20(24(26)31)28-23(22(19)21(29)9-11-30)17-7-4-6-16(12-17)18-8-5-10-27-14-18/h4-8,10,12-14,21,30H,9,11,15H2,1-3H3,(H2,26,31)/t21-,33?/m1/s1. The molecule has 1 unspecified atom stereocenters. The van der Waals surface area contributed by atoms with E-state index < -0.39 is 21.6 Å². The quantitative estimate of drug-likeness (QED) is 0.579. The Labute approximate surface area is 196 Å². The molecule has 0 bridgehead atoms. The number of benzene rings is 1. The minimum atomic E-state index is -1.32. The van der Waals surface area contributed by atoms with E-state index >= 15 is 0 Å². The fourth-order valence-electron chi connectivity index (χ4n) is 4.19. The van der Waals surface area contributed by atoms with Gasteiger partial charge in [-0.25, -0.2) is 13.5 Å². The van der Waals surface area contributed by atoms with Gasteiger partial charge in [0.2, 0.25) is 0 Å². The summed E-state index contributed by atoms with van der Waals surface area (Å²) in [6, 6.07) is 13.1. The second kappa shape index (κ2) is 9.13. The summed E-state index contributed by atoms with van der Waals surface area (Å²) in [4.78, 5) is 20.9. The molecule has 3 aromatic rings. The molecule has 1 aromatic carbocycles. The molecule has 0 fully saturated rings. The summed E-state index contributed by atoms with van der Waals surface area (Å²) in [5, 5.41) is 9.82. The largest absolute Gasteiger partial charge is 0.396 e. The summed E-state index contributed by atoms with van der Waals surface area (Å²) in [5.74, 6) is -0.614. The number of carbonyl (C=O) groups excluding carboxylic acids is 1. The van der Waals surface area contributed by atoms with Crippen molar-refractivity contribution in [1.82, 2.24) is 14.3 Å². The van der Waals surface area contributed by atoms with Crippen LogP contribution in [0.1, 0.15) is 54.8 Å². The van der Waals surface area contributed by atoms with Crippen molar-refractivity contribution in [3.05, 3.63) is 71.7 Å². The molecule has 3 N–H and O–H groups in total. The van der Waals surface area contributed by atoms with E-state index in [1.54, 1.807) is 18.5 Å². The molecule has 7 nitrogen and oxygen atoms in total. The molecule has 172 valence electrons. The fourth-order valence-corrected chi connectivity index (χ4v) is 5.60. The van der Waals surface area contributed by atoms with E-state index in [0.29, 0.717) is 18.7 Å². The third-order valence-corrected chi connectivity index (χ3v) is 7.53. The Morgan fingerprint density at radius 3 is 2.55 bits per heavy atom. The van der Waals surface area contributed by atoms with Crippen LogP contribution < -0.4 is 5.73 Å². The van der Waals surface area contributed by atoms with Crippen LogP contribution in [0.5, 0.6) is 0 Å². The number of fused-ring (bicyclic) bond motifs is 1. The van der Waals surface area contributed by atoms with Crippen LogP contribution in [0.2, 0.25) is 0 Å². The van der Waals surface area contributed by atoms with E-state index in [2.05, 4.69) is 9.97 Å². The Kier molecular flexibility index (Phi) is 6.43. The lowest BCUT2D eigenvalue weighted by Gasteiger charge is -2.30. The van der Waals surface area contributed by atoms with Crippen molar-refractivity contribution in [2.24, 2.45) is 5.73 Å². The molecule has 3 heterocycles. The summed E-state index contributed by atoms with van der Waals surface area (Å²) in [7, 11) is -1.32. The molecule has 1 aliphatic heterocycles. The van der Waals surface area contributed by atoms with Gasteiger partial charge in [-0.3, -0.25) is 9.78 Å². The Bertz CT molecular complexity index is 1210. The zero-order chi connectivity index (χ0) is 23.8. The topological polar surface area (TPSA) is 109 Å². The first kappa shape index (κ1) is 23.2. The van der Waals surface area contributed by atoms with Crippen molar-refractivity contribution in [2.75, 3.05) is 6.61 Å². The Morgan fingerprint density at radius 1 is 1.18 bits per heavy atom. The van der Waals surface area contributed by atoms with Crippen LogP contribution in [0.15, 0.2) is 54.9 Å². The number of nitrogens with zero attached hydrogens (tertiary/aromatic N) is 3. The predicted molar refractivity (Wildman–Crippen MR) is 129 cm³/mol. The van der Waals surface area contributed by atoms with Gasteiger partial charge in [-0.15, -0.1) is 0 Å². The molecule has 1 amide bonds. The van der Waals surface area contributed by atoms with Crippen molar-refractivity contribution in [3.63, 3.8) is 0 Å². The van der Waals surface area contributed by atoms with E-state index in [1.165, 1.54) is 0 Å². The van der Waals surface area contributed by atoms with Crippen LogP contribution in [0.4, 0.5) is 0 Å². The van der Waals surface area contributed by atoms with Gasteiger partial charge in [0.15, 0.2) is 0 Å². The summed E-state index contributed by atoms with van der Waals surface area (Å²) < 4.78 is 14.8. The van der Waals surface area contributed by atoms with Crippen LogP contribution >= 0.6 is 0 Å². The summed E-state index contributed by atoms with van der Waals surface area (Å²) in [5.41, 5.74) is 10.9. The van der Waals surface area contributed by atoms with Gasteiger partial charge in [-0.05, 0) is 56.5 Å². The minimum absolute atomic E-state index is 0.0608. The number of primary amides is 1. The van der Waals surface area contributed by atoms with Gasteiger partial charge in [0.1, 0.15) is 16.7 Å². The first-order valence-corrected chi connectivity index (χ1v) is 12.0. The molecule has 33 heavy (non-hydrogen) atoms. The molecular formula is C25H28N4O3S. The van der Waals surface area contributed by atoms with E-state index in [0.717, 1.165) is 27.8 Å². The normalized spacial score (nSPS) is 17.0. The number of aliphatic hydroxyl groups excluding tert-OH is 1. The predicted octanol–water partition coefficient (Wildman–Crippen LogP) is 3.61. The van der Waals surface area contributed by atoms with Crippen molar-refractivity contribution in [2.45, 2.75) is 44.5 Å². The SMILES string of the molecule is CC(C)(C)S(=O)N1Cc2cc(C(N)=O)nc(-c3cccc(-c4cccnc4)c3)c2[C@H]1CCO. The van der Waals surface area contributed by atoms with E-state index in [-0.39, 0.29) is 18.3 Å². The molecule has 8 heteroatoms. The maximum absolute atomic E-state index is 13.4. The third kappa shape index (κ3) is 4.59. The van der Waals surface area contributed by atoms with Crippen LogP contribution in [-0.4, -0.2) is 40.8 Å². The van der Waals surface area contributed by atoms with Gasteiger partial charge in [0, 0.05) is 42.2 Å². The van der Waals surface area contributed by atoms with Gasteiger partial charge in [-0.1, -0.05) is 24.3 Å². The molecule has 1 aliphatic rings. The second-order valence-electron chi connectivity index (χ2n) is 9.08.